The summed E-state index contributed by atoms with van der Waals surface area (Å²) >= 11 is 0. The molecule has 2 aromatic rings. The maximum Gasteiger partial charge on any atom is 0.366 e. The van der Waals surface area contributed by atoms with Gasteiger partial charge in [-0.3, -0.25) is 19.2 Å². The number of esters is 1. The van der Waals surface area contributed by atoms with E-state index in [1.54, 1.807) is 18.2 Å². The molecule has 0 radical (unpaired) electrons. The summed E-state index contributed by atoms with van der Waals surface area (Å²) in [6.45, 7) is 3.80. The van der Waals surface area contributed by atoms with Crippen molar-refractivity contribution >= 4 is 40.4 Å². The van der Waals surface area contributed by atoms with Crippen molar-refractivity contribution in [1.82, 2.24) is 20.9 Å². The van der Waals surface area contributed by atoms with Gasteiger partial charge in [0.25, 0.3) is 11.7 Å². The molecule has 0 saturated carbocycles. The molecule has 3 amide bonds. The van der Waals surface area contributed by atoms with Crippen LogP contribution < -0.4 is 20.7 Å². The standard InChI is InChI=1S/C30H40N4O9/c1-4-8-21(33-28(38)23-16-19-20(32-23)10-5-11-25(19)40-3)27(37)34-22(15-18-9-6-12-31-26(18)36)24(35)17-41-29(39)30(2)42-13-7-14-43-30/h5,10-11,16,18,21-22,32H,4,6-9,12-15,17H2,1-3H3,(H,31,36)(H,33,38)(H,34,37)/t18-,21-,22-/m0/s1. The van der Waals surface area contributed by atoms with Gasteiger partial charge in [-0.15, -0.1) is 0 Å². The number of methoxy groups -OCH3 is 1. The lowest BCUT2D eigenvalue weighted by atomic mass is 9.90. The summed E-state index contributed by atoms with van der Waals surface area (Å²) < 4.78 is 21.4. The molecule has 2 fully saturated rings. The van der Waals surface area contributed by atoms with Gasteiger partial charge in [-0.2, -0.15) is 0 Å². The topological polar surface area (TPSA) is 174 Å². The Morgan fingerprint density at radius 3 is 2.58 bits per heavy atom. The summed E-state index contributed by atoms with van der Waals surface area (Å²) in [5, 5.41) is 8.97. The number of hydrogen-bond acceptors (Lipinski definition) is 9. The Morgan fingerprint density at radius 1 is 1.12 bits per heavy atom. The lowest BCUT2D eigenvalue weighted by Crippen LogP contribution is -2.54. The maximum absolute atomic E-state index is 13.5. The summed E-state index contributed by atoms with van der Waals surface area (Å²) in [6.07, 6.45) is 2.80. The normalized spacial score (nSPS) is 19.5. The van der Waals surface area contributed by atoms with Gasteiger partial charge in [-0.1, -0.05) is 19.4 Å². The highest BCUT2D eigenvalue weighted by molar-refractivity contribution is 6.02. The van der Waals surface area contributed by atoms with Crippen molar-refractivity contribution in [2.24, 2.45) is 5.92 Å². The largest absolute Gasteiger partial charge is 0.496 e. The predicted molar refractivity (Wildman–Crippen MR) is 154 cm³/mol. The van der Waals surface area contributed by atoms with E-state index in [0.717, 1.165) is 11.8 Å². The van der Waals surface area contributed by atoms with Gasteiger partial charge in [0.2, 0.25) is 11.8 Å². The fourth-order valence-corrected chi connectivity index (χ4v) is 5.23. The lowest BCUT2D eigenvalue weighted by Gasteiger charge is -2.31. The van der Waals surface area contributed by atoms with Gasteiger partial charge in [-0.05, 0) is 50.3 Å². The second kappa shape index (κ2) is 14.5. The number of ether oxygens (including phenoxy) is 4. The molecule has 0 spiro atoms. The molecule has 13 heteroatoms. The molecule has 3 heterocycles. The van der Waals surface area contributed by atoms with Crippen molar-refractivity contribution in [3.05, 3.63) is 30.0 Å². The molecule has 4 rings (SSSR count). The molecule has 0 aliphatic carbocycles. The van der Waals surface area contributed by atoms with E-state index in [0.29, 0.717) is 56.7 Å². The van der Waals surface area contributed by atoms with Crippen LogP contribution in [0, 0.1) is 5.92 Å². The smallest absolute Gasteiger partial charge is 0.366 e. The molecule has 3 atom stereocenters. The zero-order valence-corrected chi connectivity index (χ0v) is 24.8. The number of H-pyrrole nitrogens is 1. The van der Waals surface area contributed by atoms with Crippen LogP contribution in [-0.4, -0.2) is 85.8 Å². The van der Waals surface area contributed by atoms with Crippen LogP contribution >= 0.6 is 0 Å². The first-order chi connectivity index (χ1) is 20.6. The Bertz CT molecular complexity index is 1330. The minimum absolute atomic E-state index is 0.0207. The summed E-state index contributed by atoms with van der Waals surface area (Å²) in [5.41, 5.74) is 0.942. The predicted octanol–water partition coefficient (Wildman–Crippen LogP) is 1.74. The molecule has 2 aliphatic rings. The van der Waals surface area contributed by atoms with Crippen molar-refractivity contribution < 1.29 is 42.9 Å². The van der Waals surface area contributed by atoms with E-state index in [9.17, 15) is 24.0 Å². The molecule has 2 aliphatic heterocycles. The zero-order valence-electron chi connectivity index (χ0n) is 24.8. The van der Waals surface area contributed by atoms with E-state index in [1.165, 1.54) is 14.0 Å². The number of Topliss-reactive ketones (excluding diaryl/α,β-unsaturated/α-hetero) is 1. The number of hydrogen-bond donors (Lipinski definition) is 4. The van der Waals surface area contributed by atoms with Gasteiger partial charge in [-0.25, -0.2) is 4.79 Å². The number of nitrogens with one attached hydrogen (secondary N) is 4. The number of carbonyl (C=O) groups is 5. The van der Waals surface area contributed by atoms with Crippen LogP contribution in [0.25, 0.3) is 10.9 Å². The Morgan fingerprint density at radius 2 is 1.88 bits per heavy atom. The molecule has 0 unspecified atom stereocenters. The van der Waals surface area contributed by atoms with Crippen LogP contribution in [0.5, 0.6) is 5.75 Å². The first kappa shape index (κ1) is 32.0. The minimum atomic E-state index is -1.62. The molecular formula is C30H40N4O9. The number of piperidine rings is 1. The first-order valence-corrected chi connectivity index (χ1v) is 14.7. The zero-order chi connectivity index (χ0) is 31.0. The highest BCUT2D eigenvalue weighted by Crippen LogP contribution is 2.26. The van der Waals surface area contributed by atoms with Gasteiger partial charge in [0.15, 0.2) is 12.4 Å². The van der Waals surface area contributed by atoms with Crippen LogP contribution in [-0.2, 0) is 33.4 Å². The number of benzene rings is 1. The SMILES string of the molecule is CCC[C@H](NC(=O)c1cc2c(OC)cccc2[nH]1)C(=O)N[C@@H](C[C@@H]1CCCNC1=O)C(=O)COC(=O)C1(C)OCCCO1. The highest BCUT2D eigenvalue weighted by Gasteiger charge is 2.40. The molecule has 0 bridgehead atoms. The van der Waals surface area contributed by atoms with Crippen LogP contribution in [0.4, 0.5) is 0 Å². The van der Waals surface area contributed by atoms with Crippen molar-refractivity contribution in [3.8, 4) is 5.75 Å². The molecule has 1 aromatic carbocycles. The van der Waals surface area contributed by atoms with Gasteiger partial charge < -0.3 is 39.9 Å². The van der Waals surface area contributed by atoms with Crippen molar-refractivity contribution in [2.45, 2.75) is 70.2 Å². The van der Waals surface area contributed by atoms with Crippen molar-refractivity contribution in [3.63, 3.8) is 0 Å². The Kier molecular flexibility index (Phi) is 10.8. The fourth-order valence-electron chi connectivity index (χ4n) is 5.23. The number of aromatic amines is 1. The van der Waals surface area contributed by atoms with Gasteiger partial charge in [0, 0.05) is 30.3 Å². The fraction of sp³-hybridized carbons (Fsp3) is 0.567. The Labute approximate surface area is 249 Å². The van der Waals surface area contributed by atoms with Crippen LogP contribution in [0.2, 0.25) is 0 Å². The Hall–Kier alpha value is -3.97. The number of rotatable bonds is 13. The van der Waals surface area contributed by atoms with Crippen LogP contribution in [0.1, 0.15) is 62.9 Å². The molecule has 13 nitrogen and oxygen atoms in total. The van der Waals surface area contributed by atoms with Gasteiger partial charge in [0.05, 0.1) is 26.4 Å². The minimum Gasteiger partial charge on any atom is -0.496 e. The summed E-state index contributed by atoms with van der Waals surface area (Å²) in [4.78, 5) is 68.2. The van der Waals surface area contributed by atoms with Crippen LogP contribution in [0.15, 0.2) is 24.3 Å². The van der Waals surface area contributed by atoms with E-state index in [4.69, 9.17) is 18.9 Å². The number of carbonyl (C=O) groups excluding carboxylic acids is 5. The average Bonchev–Trinajstić information content (AvgIpc) is 3.45. The number of fused-ring (bicyclic) bond motifs is 1. The average molecular weight is 601 g/mol. The number of ketones is 1. The molecular weight excluding hydrogens is 560 g/mol. The number of aromatic nitrogens is 1. The summed E-state index contributed by atoms with van der Waals surface area (Å²) in [5.74, 6) is -4.28. The highest BCUT2D eigenvalue weighted by atomic mass is 16.7. The van der Waals surface area contributed by atoms with E-state index >= 15 is 0 Å². The molecule has 234 valence electrons. The van der Waals surface area contributed by atoms with E-state index in [2.05, 4.69) is 20.9 Å². The van der Waals surface area contributed by atoms with Crippen molar-refractivity contribution in [1.29, 1.82) is 0 Å². The van der Waals surface area contributed by atoms with E-state index < -0.39 is 54.0 Å². The number of amides is 3. The molecule has 4 N–H and O–H groups in total. The van der Waals surface area contributed by atoms with Crippen molar-refractivity contribution in [2.75, 3.05) is 33.5 Å². The Balaban J connectivity index is 1.46. The third kappa shape index (κ3) is 7.90. The van der Waals surface area contributed by atoms with E-state index in [1.807, 2.05) is 13.0 Å². The third-order valence-corrected chi connectivity index (χ3v) is 7.67. The summed E-state index contributed by atoms with van der Waals surface area (Å²) in [7, 11) is 1.54. The monoisotopic (exact) mass is 600 g/mol. The second-order valence-electron chi connectivity index (χ2n) is 10.9. The molecule has 1 aromatic heterocycles. The third-order valence-electron chi connectivity index (χ3n) is 7.67. The van der Waals surface area contributed by atoms with Crippen LogP contribution in [0.3, 0.4) is 0 Å². The quantitative estimate of drug-likeness (QED) is 0.250. The van der Waals surface area contributed by atoms with Gasteiger partial charge >= 0.3 is 5.97 Å². The molecule has 43 heavy (non-hydrogen) atoms. The first-order valence-electron chi connectivity index (χ1n) is 14.7. The lowest BCUT2D eigenvalue weighted by molar-refractivity contribution is -0.260. The van der Waals surface area contributed by atoms with Gasteiger partial charge in [0.1, 0.15) is 17.5 Å². The second-order valence-corrected chi connectivity index (χ2v) is 10.9. The summed E-state index contributed by atoms with van der Waals surface area (Å²) in [6, 6.07) is 4.93. The maximum atomic E-state index is 13.5. The van der Waals surface area contributed by atoms with E-state index in [-0.39, 0.29) is 18.0 Å². The molecule has 2 saturated heterocycles.